The van der Waals surface area contributed by atoms with E-state index in [0.717, 1.165) is 30.0 Å². The highest BCUT2D eigenvalue weighted by atomic mass is 35.5. The lowest BCUT2D eigenvalue weighted by Crippen LogP contribution is -2.59. The molecule has 1 aliphatic heterocycles. The van der Waals surface area contributed by atoms with Gasteiger partial charge in [-0.25, -0.2) is 13.3 Å². The van der Waals surface area contributed by atoms with E-state index >= 15 is 0 Å². The highest BCUT2D eigenvalue weighted by Gasteiger charge is 2.52. The molecule has 1 aromatic carbocycles. The summed E-state index contributed by atoms with van der Waals surface area (Å²) in [6.07, 6.45) is 3.71. The Morgan fingerprint density at radius 1 is 1.26 bits per heavy atom. The predicted molar refractivity (Wildman–Crippen MR) is 142 cm³/mol. The number of hydrogen-bond donors (Lipinski definition) is 3. The fraction of sp³-hybridized carbons (Fsp3) is 0.640. The number of carbonyl (C=O) groups is 1. The maximum atomic E-state index is 13.8. The number of nitrogens with one attached hydrogen (secondary N) is 2. The highest BCUT2D eigenvalue weighted by molar-refractivity contribution is 7.89. The van der Waals surface area contributed by atoms with Gasteiger partial charge < -0.3 is 14.5 Å². The van der Waals surface area contributed by atoms with Gasteiger partial charge in [-0.3, -0.25) is 20.3 Å². The fourth-order valence-corrected chi connectivity index (χ4v) is 6.96. The third-order valence-corrected chi connectivity index (χ3v) is 9.29. The molecule has 1 saturated carbocycles. The van der Waals surface area contributed by atoms with Gasteiger partial charge in [0.15, 0.2) is 0 Å². The summed E-state index contributed by atoms with van der Waals surface area (Å²) >= 11 is 6.08. The van der Waals surface area contributed by atoms with Gasteiger partial charge in [-0.2, -0.15) is 4.31 Å². The number of ether oxygens (including phenoxy) is 2. The van der Waals surface area contributed by atoms with Crippen LogP contribution in [0.2, 0.25) is 5.02 Å². The smallest absolute Gasteiger partial charge is 0.320 e. The molecule has 0 bridgehead atoms. The Kier molecular flexibility index (Phi) is 9.05. The van der Waals surface area contributed by atoms with E-state index in [1.807, 2.05) is 0 Å². The van der Waals surface area contributed by atoms with Gasteiger partial charge in [0.05, 0.1) is 25.3 Å². The second-order valence-electron chi connectivity index (χ2n) is 10.5. The van der Waals surface area contributed by atoms with Crippen LogP contribution in [0.5, 0.6) is 0 Å². The lowest BCUT2D eigenvalue weighted by Gasteiger charge is -2.40. The van der Waals surface area contributed by atoms with Gasteiger partial charge in [0, 0.05) is 29.0 Å². The van der Waals surface area contributed by atoms with Gasteiger partial charge in [-0.15, -0.1) is 0 Å². The number of aromatic nitrogens is 1. The maximum Gasteiger partial charge on any atom is 0.320 e. The normalized spacial score (nSPS) is 26.1. The van der Waals surface area contributed by atoms with Crippen LogP contribution in [0.4, 0.5) is 0 Å². The molecule has 0 amide bonds. The molecular formula is C25H37ClN4O7S. The Bertz CT molecular complexity index is 1230. The second kappa shape index (κ2) is 11.8. The van der Waals surface area contributed by atoms with Crippen molar-refractivity contribution in [3.05, 3.63) is 29.3 Å². The highest BCUT2D eigenvalue weighted by Crippen LogP contribution is 2.41. The number of rotatable bonds is 11. The minimum absolute atomic E-state index is 0.0106. The fourth-order valence-electron chi connectivity index (χ4n) is 5.43. The molecule has 11 nitrogen and oxygen atoms in total. The third kappa shape index (κ3) is 6.50. The summed E-state index contributed by atoms with van der Waals surface area (Å²) in [5, 5.41) is 13.8. The first-order valence-corrected chi connectivity index (χ1v) is 14.7. The molecule has 2 fully saturated rings. The van der Waals surface area contributed by atoms with E-state index in [1.165, 1.54) is 6.07 Å². The first-order chi connectivity index (χ1) is 18.0. The van der Waals surface area contributed by atoms with E-state index in [1.54, 1.807) is 37.1 Å². The van der Waals surface area contributed by atoms with Crippen molar-refractivity contribution in [3.8, 4) is 0 Å². The number of H-pyrrole nitrogens is 1. The maximum absolute atomic E-state index is 13.8. The number of likely N-dealkylation sites (N-methyl/N-ethyl adjacent to an activating group) is 1. The zero-order chi connectivity index (χ0) is 27.6. The van der Waals surface area contributed by atoms with E-state index in [9.17, 15) is 18.5 Å². The summed E-state index contributed by atoms with van der Waals surface area (Å²) in [6, 6.07) is 6.53. The summed E-state index contributed by atoms with van der Waals surface area (Å²) in [4.78, 5) is 21.2. The van der Waals surface area contributed by atoms with Crippen LogP contribution in [-0.4, -0.2) is 91.7 Å². The molecule has 38 heavy (non-hydrogen) atoms. The zero-order valence-electron chi connectivity index (χ0n) is 22.0. The van der Waals surface area contributed by atoms with Crippen molar-refractivity contribution in [2.75, 3.05) is 46.6 Å². The molecule has 1 atom stereocenters. The number of sulfonamides is 1. The Balaban J connectivity index is 1.63. The first kappa shape index (κ1) is 29.2. The topological polar surface area (TPSA) is 133 Å². The Morgan fingerprint density at radius 2 is 2.00 bits per heavy atom. The van der Waals surface area contributed by atoms with Gasteiger partial charge in [0.25, 0.3) is 10.0 Å². The van der Waals surface area contributed by atoms with Crippen molar-refractivity contribution < 1.29 is 32.8 Å². The van der Waals surface area contributed by atoms with Crippen LogP contribution < -0.4 is 5.32 Å². The Hall–Kier alpha value is -1.77. The van der Waals surface area contributed by atoms with E-state index < -0.39 is 28.1 Å². The SMILES string of the molecule is CCOC(=O)CN(C)CC1(CN(COO)S(=O)(=O)c2cc3cc(Cl)ccc3[nH]2)NCC2(CCC(C)CC2)O1. The minimum Gasteiger partial charge on any atom is -0.465 e. The second-order valence-corrected chi connectivity index (χ2v) is 12.9. The average Bonchev–Trinajstić information content (AvgIpc) is 3.43. The molecule has 212 valence electrons. The number of nitrogens with zero attached hydrogens (tertiary/aromatic N) is 2. The molecular weight excluding hydrogens is 536 g/mol. The summed E-state index contributed by atoms with van der Waals surface area (Å²) in [6.45, 7) is 4.20. The Morgan fingerprint density at radius 3 is 2.68 bits per heavy atom. The number of hydrogen-bond acceptors (Lipinski definition) is 9. The molecule has 0 radical (unpaired) electrons. The van der Waals surface area contributed by atoms with Crippen molar-refractivity contribution in [2.24, 2.45) is 5.92 Å². The lowest BCUT2D eigenvalue weighted by atomic mass is 9.80. The summed E-state index contributed by atoms with van der Waals surface area (Å²) < 4.78 is 40.4. The third-order valence-electron chi connectivity index (χ3n) is 7.37. The summed E-state index contributed by atoms with van der Waals surface area (Å²) in [7, 11) is -2.41. The van der Waals surface area contributed by atoms with Crippen molar-refractivity contribution in [1.29, 1.82) is 0 Å². The molecule has 1 unspecified atom stereocenters. The van der Waals surface area contributed by atoms with E-state index in [-0.39, 0.29) is 37.2 Å². The van der Waals surface area contributed by atoms with Gasteiger partial charge in [-0.05, 0) is 69.8 Å². The van der Waals surface area contributed by atoms with E-state index in [2.05, 4.69) is 22.1 Å². The number of carbonyl (C=O) groups excluding carboxylic acids is 1. The molecule has 2 aliphatic rings. The molecule has 3 N–H and O–H groups in total. The van der Waals surface area contributed by atoms with Crippen LogP contribution in [-0.2, 0) is 29.2 Å². The average molecular weight is 573 g/mol. The number of aromatic amines is 1. The monoisotopic (exact) mass is 572 g/mol. The molecule has 1 spiro atoms. The lowest BCUT2D eigenvalue weighted by molar-refractivity contribution is -0.264. The van der Waals surface area contributed by atoms with Crippen molar-refractivity contribution >= 4 is 38.5 Å². The van der Waals surface area contributed by atoms with Crippen LogP contribution in [0.3, 0.4) is 0 Å². The zero-order valence-corrected chi connectivity index (χ0v) is 23.6. The molecule has 1 aliphatic carbocycles. The van der Waals surface area contributed by atoms with Crippen molar-refractivity contribution in [3.63, 3.8) is 0 Å². The molecule has 1 saturated heterocycles. The molecule has 13 heteroatoms. The minimum atomic E-state index is -4.16. The van der Waals surface area contributed by atoms with Crippen molar-refractivity contribution in [2.45, 2.75) is 55.9 Å². The van der Waals surface area contributed by atoms with Gasteiger partial charge in [-0.1, -0.05) is 18.5 Å². The summed E-state index contributed by atoms with van der Waals surface area (Å²) in [5.41, 5.74) is -1.000. The van der Waals surface area contributed by atoms with Gasteiger partial charge >= 0.3 is 5.97 Å². The number of benzene rings is 1. The van der Waals surface area contributed by atoms with Crippen LogP contribution >= 0.6 is 11.6 Å². The van der Waals surface area contributed by atoms with E-state index in [0.29, 0.717) is 28.4 Å². The molecule has 4 rings (SSSR count). The Labute approximate surface area is 228 Å². The predicted octanol–water partition coefficient (Wildman–Crippen LogP) is 3.02. The van der Waals surface area contributed by atoms with Crippen molar-refractivity contribution in [1.82, 2.24) is 19.5 Å². The van der Waals surface area contributed by atoms with Crippen LogP contribution in [0.15, 0.2) is 29.3 Å². The number of esters is 1. The largest absolute Gasteiger partial charge is 0.465 e. The quantitative estimate of drug-likeness (QED) is 0.161. The van der Waals surface area contributed by atoms with Crippen LogP contribution in [0, 0.1) is 5.92 Å². The number of halogens is 1. The molecule has 2 heterocycles. The van der Waals surface area contributed by atoms with Crippen LogP contribution in [0.1, 0.15) is 39.5 Å². The summed E-state index contributed by atoms with van der Waals surface area (Å²) in [5.74, 6) is 0.213. The first-order valence-electron chi connectivity index (χ1n) is 12.8. The van der Waals surface area contributed by atoms with Gasteiger partial charge in [0.1, 0.15) is 17.5 Å². The standard InChI is InChI=1S/C25H37ClN4O7S/c1-4-35-23(31)13-29(3)15-25(27-14-24(37-25)9-7-18(2)8-10-24)16-30(17-36-32)38(33,34)22-12-19-11-20(26)5-6-21(19)28-22/h5-6,11-12,18,27-28,32H,4,7-10,13-17H2,1-3H3. The molecule has 2 aromatic rings. The van der Waals surface area contributed by atoms with Crippen LogP contribution in [0.25, 0.3) is 10.9 Å². The molecule has 1 aromatic heterocycles. The van der Waals surface area contributed by atoms with Gasteiger partial charge in [0.2, 0.25) is 0 Å². The van der Waals surface area contributed by atoms with E-state index in [4.69, 9.17) is 21.1 Å². The number of fused-ring (bicyclic) bond motifs is 1.